The van der Waals surface area contributed by atoms with Crippen LogP contribution in [0, 0.1) is 12.8 Å². The molecule has 1 N–H and O–H groups in total. The molecule has 0 heterocycles. The predicted octanol–water partition coefficient (Wildman–Crippen LogP) is 4.45. The molecule has 0 spiro atoms. The Hall–Kier alpha value is -3.34. The van der Waals surface area contributed by atoms with Crippen LogP contribution in [-0.4, -0.2) is 31.1 Å². The van der Waals surface area contributed by atoms with Crippen molar-refractivity contribution in [3.05, 3.63) is 77.9 Å². The Morgan fingerprint density at radius 3 is 2.45 bits per heavy atom. The van der Waals surface area contributed by atoms with Gasteiger partial charge in [-0.05, 0) is 46.9 Å². The standard InChI is InChI=1S/C26H29NO4/c1-18(2)25(26(29)31-15-14-30-22-12-6-8-19(3)16-22)27-24(28)17-21-11-7-10-20-9-4-5-13-23(20)21/h4-13,16,18,25H,14-15,17H2,1-3H3,(H,27,28)/t25-/m0/s1. The quantitative estimate of drug-likeness (QED) is 0.411. The number of nitrogens with one attached hydrogen (secondary N) is 1. The summed E-state index contributed by atoms with van der Waals surface area (Å²) in [5, 5.41) is 4.96. The van der Waals surface area contributed by atoms with E-state index in [1.54, 1.807) is 0 Å². The van der Waals surface area contributed by atoms with Crippen LogP contribution in [0.3, 0.4) is 0 Å². The molecule has 0 aliphatic heterocycles. The van der Waals surface area contributed by atoms with Crippen LogP contribution in [0.5, 0.6) is 5.75 Å². The first-order chi connectivity index (χ1) is 14.9. The highest BCUT2D eigenvalue weighted by Crippen LogP contribution is 2.19. The summed E-state index contributed by atoms with van der Waals surface area (Å²) in [6.07, 6.45) is 0.203. The van der Waals surface area contributed by atoms with Gasteiger partial charge in [0.15, 0.2) is 0 Å². The van der Waals surface area contributed by atoms with Gasteiger partial charge in [0.05, 0.1) is 6.42 Å². The van der Waals surface area contributed by atoms with Gasteiger partial charge in [-0.1, -0.05) is 68.4 Å². The van der Waals surface area contributed by atoms with Gasteiger partial charge in [0.25, 0.3) is 0 Å². The van der Waals surface area contributed by atoms with Gasteiger partial charge in [0.1, 0.15) is 25.0 Å². The van der Waals surface area contributed by atoms with Crippen LogP contribution in [0.4, 0.5) is 0 Å². The Morgan fingerprint density at radius 2 is 1.68 bits per heavy atom. The van der Waals surface area contributed by atoms with Crippen molar-refractivity contribution in [2.45, 2.75) is 33.2 Å². The lowest BCUT2D eigenvalue weighted by molar-refractivity contribution is -0.149. The Bertz CT molecular complexity index is 1040. The number of carbonyl (C=O) groups is 2. The summed E-state index contributed by atoms with van der Waals surface area (Å²) in [5.41, 5.74) is 2.03. The molecule has 3 aromatic carbocycles. The Kier molecular flexibility index (Phi) is 7.65. The maximum atomic E-state index is 12.7. The van der Waals surface area contributed by atoms with Crippen molar-refractivity contribution in [1.82, 2.24) is 5.32 Å². The molecule has 3 aromatic rings. The molecule has 0 saturated carbocycles. The maximum absolute atomic E-state index is 12.7. The van der Waals surface area contributed by atoms with E-state index in [4.69, 9.17) is 9.47 Å². The molecular formula is C26H29NO4. The van der Waals surface area contributed by atoms with Crippen LogP contribution in [0.2, 0.25) is 0 Å². The van der Waals surface area contributed by atoms with E-state index in [0.717, 1.165) is 27.6 Å². The SMILES string of the molecule is Cc1cccc(OCCOC(=O)[C@@H](NC(=O)Cc2cccc3ccccc23)C(C)C)c1. The number of amides is 1. The minimum Gasteiger partial charge on any atom is -0.490 e. The molecule has 0 aliphatic rings. The second kappa shape index (κ2) is 10.6. The van der Waals surface area contributed by atoms with Gasteiger partial charge in [-0.2, -0.15) is 0 Å². The Balaban J connectivity index is 1.53. The lowest BCUT2D eigenvalue weighted by Gasteiger charge is -2.21. The van der Waals surface area contributed by atoms with Gasteiger partial charge >= 0.3 is 5.97 Å². The van der Waals surface area contributed by atoms with E-state index >= 15 is 0 Å². The minimum atomic E-state index is -0.707. The van der Waals surface area contributed by atoms with Gasteiger partial charge in [-0.15, -0.1) is 0 Å². The third kappa shape index (κ3) is 6.32. The highest BCUT2D eigenvalue weighted by molar-refractivity contribution is 5.91. The third-order valence-electron chi connectivity index (χ3n) is 5.05. The van der Waals surface area contributed by atoms with E-state index in [1.807, 2.05) is 87.5 Å². The van der Waals surface area contributed by atoms with Crippen LogP contribution in [0.15, 0.2) is 66.7 Å². The van der Waals surface area contributed by atoms with Crippen molar-refractivity contribution in [3.8, 4) is 5.75 Å². The molecule has 0 fully saturated rings. The molecule has 162 valence electrons. The summed E-state index contributed by atoms with van der Waals surface area (Å²) in [6, 6.07) is 20.8. The molecule has 5 heteroatoms. The summed E-state index contributed by atoms with van der Waals surface area (Å²) in [4.78, 5) is 25.2. The fourth-order valence-corrected chi connectivity index (χ4v) is 3.44. The maximum Gasteiger partial charge on any atom is 0.329 e. The highest BCUT2D eigenvalue weighted by Gasteiger charge is 2.25. The van der Waals surface area contributed by atoms with E-state index < -0.39 is 12.0 Å². The molecule has 1 atom stereocenters. The molecule has 0 saturated heterocycles. The molecule has 5 nitrogen and oxygen atoms in total. The summed E-state index contributed by atoms with van der Waals surface area (Å²) < 4.78 is 11.0. The van der Waals surface area contributed by atoms with Crippen molar-refractivity contribution in [1.29, 1.82) is 0 Å². The van der Waals surface area contributed by atoms with E-state index in [-0.39, 0.29) is 31.5 Å². The molecule has 0 radical (unpaired) electrons. The predicted molar refractivity (Wildman–Crippen MR) is 122 cm³/mol. The van der Waals surface area contributed by atoms with Crippen LogP contribution in [0.1, 0.15) is 25.0 Å². The second-order valence-corrected chi connectivity index (χ2v) is 7.94. The second-order valence-electron chi connectivity index (χ2n) is 7.94. The fraction of sp³-hybridized carbons (Fsp3) is 0.308. The first-order valence-corrected chi connectivity index (χ1v) is 10.6. The van der Waals surface area contributed by atoms with Crippen LogP contribution in [0.25, 0.3) is 10.8 Å². The minimum absolute atomic E-state index is 0.0957. The van der Waals surface area contributed by atoms with Crippen molar-refractivity contribution >= 4 is 22.6 Å². The summed E-state index contributed by atoms with van der Waals surface area (Å²) in [5.74, 6) is -0.0152. The number of benzene rings is 3. The fourth-order valence-electron chi connectivity index (χ4n) is 3.44. The third-order valence-corrected chi connectivity index (χ3v) is 5.05. The monoisotopic (exact) mass is 419 g/mol. The van der Waals surface area contributed by atoms with Crippen molar-refractivity contribution in [2.75, 3.05) is 13.2 Å². The summed E-state index contributed by atoms with van der Waals surface area (Å²) >= 11 is 0. The molecular weight excluding hydrogens is 390 g/mol. The molecule has 0 aromatic heterocycles. The van der Waals surface area contributed by atoms with Crippen LogP contribution >= 0.6 is 0 Å². The first kappa shape index (κ1) is 22.3. The smallest absolute Gasteiger partial charge is 0.329 e. The number of aryl methyl sites for hydroxylation is 1. The number of esters is 1. The van der Waals surface area contributed by atoms with Crippen LogP contribution in [-0.2, 0) is 20.7 Å². The number of hydrogen-bond acceptors (Lipinski definition) is 4. The number of fused-ring (bicyclic) bond motifs is 1. The molecule has 0 bridgehead atoms. The molecule has 0 unspecified atom stereocenters. The van der Waals surface area contributed by atoms with Gasteiger partial charge < -0.3 is 14.8 Å². The zero-order valence-corrected chi connectivity index (χ0v) is 18.3. The largest absolute Gasteiger partial charge is 0.490 e. The summed E-state index contributed by atoms with van der Waals surface area (Å²) in [6.45, 7) is 6.13. The van der Waals surface area contributed by atoms with Crippen LogP contribution < -0.4 is 10.1 Å². The van der Waals surface area contributed by atoms with Gasteiger partial charge in [0.2, 0.25) is 5.91 Å². The van der Waals surface area contributed by atoms with Gasteiger partial charge in [-0.3, -0.25) is 4.79 Å². The zero-order valence-electron chi connectivity index (χ0n) is 18.3. The van der Waals surface area contributed by atoms with E-state index in [2.05, 4.69) is 5.32 Å². The zero-order chi connectivity index (χ0) is 22.2. The number of hydrogen-bond donors (Lipinski definition) is 1. The summed E-state index contributed by atoms with van der Waals surface area (Å²) in [7, 11) is 0. The molecule has 31 heavy (non-hydrogen) atoms. The number of carbonyl (C=O) groups excluding carboxylic acids is 2. The normalized spacial score (nSPS) is 11.9. The van der Waals surface area contributed by atoms with E-state index in [1.165, 1.54) is 0 Å². The average Bonchev–Trinajstić information content (AvgIpc) is 2.75. The lowest BCUT2D eigenvalue weighted by Crippen LogP contribution is -2.46. The Morgan fingerprint density at radius 1 is 0.935 bits per heavy atom. The average molecular weight is 420 g/mol. The highest BCUT2D eigenvalue weighted by atomic mass is 16.6. The van der Waals surface area contributed by atoms with Crippen molar-refractivity contribution < 1.29 is 19.1 Å². The lowest BCUT2D eigenvalue weighted by atomic mass is 10.0. The van der Waals surface area contributed by atoms with Crippen molar-refractivity contribution in [2.24, 2.45) is 5.92 Å². The topological polar surface area (TPSA) is 64.6 Å². The molecule has 3 rings (SSSR count). The van der Waals surface area contributed by atoms with Crippen molar-refractivity contribution in [3.63, 3.8) is 0 Å². The van der Waals surface area contributed by atoms with Gasteiger partial charge in [-0.25, -0.2) is 4.79 Å². The van der Waals surface area contributed by atoms with Gasteiger partial charge in [0, 0.05) is 0 Å². The number of ether oxygens (including phenoxy) is 2. The first-order valence-electron chi connectivity index (χ1n) is 10.6. The van der Waals surface area contributed by atoms with E-state index in [0.29, 0.717) is 0 Å². The molecule has 0 aliphatic carbocycles. The molecule has 1 amide bonds. The van der Waals surface area contributed by atoms with E-state index in [9.17, 15) is 9.59 Å². The number of rotatable bonds is 9. The Labute approximate surface area is 183 Å².